The fourth-order valence-electron chi connectivity index (χ4n) is 7.49. The molecule has 1 unspecified atom stereocenters. The predicted octanol–water partition coefficient (Wildman–Crippen LogP) is 1.60. The van der Waals surface area contributed by atoms with E-state index in [9.17, 15) is 32.4 Å². The quantitative estimate of drug-likeness (QED) is 0.209. The van der Waals surface area contributed by atoms with Gasteiger partial charge >= 0.3 is 6.03 Å². The molecule has 0 radical (unpaired) electrons. The zero-order valence-corrected chi connectivity index (χ0v) is 31.6. The third-order valence-corrected chi connectivity index (χ3v) is 13.1. The number of nitrogens with one attached hydrogen (secondary N) is 3. The number of fused-ring (bicyclic) bond motifs is 1. The van der Waals surface area contributed by atoms with Gasteiger partial charge < -0.3 is 26.6 Å². The molecule has 0 aromatic carbocycles. The Morgan fingerprint density at radius 3 is 2.02 bits per heavy atom. The number of hydrogen-bond donors (Lipinski definition) is 4. The molecule has 15 heteroatoms. The molecule has 5 amide bonds. The number of carbonyl (C=O) groups excluding carboxylic acids is 5. The van der Waals surface area contributed by atoms with Crippen molar-refractivity contribution in [2.75, 3.05) is 33.2 Å². The molecule has 0 aromatic heterocycles. The van der Waals surface area contributed by atoms with Gasteiger partial charge in [0.15, 0.2) is 0 Å². The summed E-state index contributed by atoms with van der Waals surface area (Å²) in [4.78, 5) is 67.9. The van der Waals surface area contributed by atoms with E-state index in [4.69, 9.17) is 5.73 Å². The SMILES string of the molecule is CN(C[C@@H](NC(=O)N[C@H](C(=O)N1C[C@H]2[C@@H]([C@H]1C(=O)NC(CC1CC1)C(=O)C(N)=O)C2(C)C)C(C)(C)C)C(C)(C)C)S(=O)(=O)N1CCCCC1. The van der Waals surface area contributed by atoms with E-state index < -0.39 is 74.7 Å². The Kier molecular flexibility index (Phi) is 11.2. The third kappa shape index (κ3) is 8.76. The van der Waals surface area contributed by atoms with Gasteiger partial charge in [-0.25, -0.2) is 4.79 Å². The summed E-state index contributed by atoms with van der Waals surface area (Å²) in [7, 11) is -2.21. The van der Waals surface area contributed by atoms with Gasteiger partial charge in [-0.15, -0.1) is 0 Å². The first-order chi connectivity index (χ1) is 22.5. The van der Waals surface area contributed by atoms with Crippen LogP contribution in [-0.4, -0.2) is 109 Å². The molecule has 0 bridgehead atoms. The molecule has 2 aliphatic carbocycles. The molecular weight excluding hydrogens is 650 g/mol. The number of urea groups is 1. The fourth-order valence-corrected chi connectivity index (χ4v) is 8.94. The van der Waals surface area contributed by atoms with Crippen LogP contribution in [0.2, 0.25) is 0 Å². The summed E-state index contributed by atoms with van der Waals surface area (Å²) in [6, 6.07) is -4.20. The van der Waals surface area contributed by atoms with E-state index in [-0.39, 0.29) is 29.7 Å². The van der Waals surface area contributed by atoms with Gasteiger partial charge in [0.1, 0.15) is 12.1 Å². The molecular formula is C34H59N7O7S. The van der Waals surface area contributed by atoms with Crippen molar-refractivity contribution in [3.8, 4) is 0 Å². The lowest BCUT2D eigenvalue weighted by molar-refractivity contribution is -0.145. The average molecular weight is 710 g/mol. The number of carbonyl (C=O) groups is 5. The zero-order valence-electron chi connectivity index (χ0n) is 30.8. The summed E-state index contributed by atoms with van der Waals surface area (Å²) in [5.74, 6) is -2.76. The largest absolute Gasteiger partial charge is 0.363 e. The van der Waals surface area contributed by atoms with Crippen LogP contribution in [0, 0.1) is 34.0 Å². The molecule has 2 saturated carbocycles. The Balaban J connectivity index is 1.50. The number of piperidine rings is 2. The molecule has 2 heterocycles. The van der Waals surface area contributed by atoms with E-state index in [1.165, 1.54) is 20.6 Å². The van der Waals surface area contributed by atoms with E-state index in [1.54, 1.807) is 0 Å². The summed E-state index contributed by atoms with van der Waals surface area (Å²) in [6.07, 6.45) is 4.75. The van der Waals surface area contributed by atoms with Crippen molar-refractivity contribution in [3.05, 3.63) is 0 Å². The van der Waals surface area contributed by atoms with Gasteiger partial charge in [-0.3, -0.25) is 19.2 Å². The van der Waals surface area contributed by atoms with Crippen LogP contribution >= 0.6 is 0 Å². The summed E-state index contributed by atoms with van der Waals surface area (Å²) < 4.78 is 29.4. The average Bonchev–Trinajstić information content (AvgIpc) is 3.85. The number of nitrogens with two attached hydrogens (primary N) is 1. The van der Waals surface area contributed by atoms with Crippen molar-refractivity contribution in [1.29, 1.82) is 0 Å². The number of primary amides is 1. The van der Waals surface area contributed by atoms with Crippen molar-refractivity contribution < 1.29 is 32.4 Å². The number of hydrogen-bond acceptors (Lipinski definition) is 7. The third-order valence-electron chi connectivity index (χ3n) is 11.1. The standard InChI is InChI=1S/C34H59N7O7S/c1-32(2,3)23(19-39(9)49(47,48)40-15-11-10-12-16-40)37-31(46)38-27(33(4,5)6)30(45)41-18-21-24(34(21,7)8)25(41)29(44)36-22(17-20-13-14-20)26(42)28(35)43/h20-25,27H,10-19H2,1-9H3,(H2,35,43)(H,36,44)(H2,37,38,46)/t21-,22?,23+,24-,25-,27+/m0/s1. The van der Waals surface area contributed by atoms with Crippen LogP contribution < -0.4 is 21.7 Å². The van der Waals surface area contributed by atoms with Gasteiger partial charge in [0.05, 0.1) is 6.04 Å². The second kappa shape index (κ2) is 14.1. The lowest BCUT2D eigenvalue weighted by Gasteiger charge is -2.39. The summed E-state index contributed by atoms with van der Waals surface area (Å²) >= 11 is 0. The van der Waals surface area contributed by atoms with Gasteiger partial charge in [0.2, 0.25) is 17.6 Å². The molecule has 6 atom stereocenters. The van der Waals surface area contributed by atoms with Gasteiger partial charge in [-0.1, -0.05) is 74.7 Å². The van der Waals surface area contributed by atoms with Crippen LogP contribution in [0.3, 0.4) is 0 Å². The monoisotopic (exact) mass is 709 g/mol. The summed E-state index contributed by atoms with van der Waals surface area (Å²) in [5.41, 5.74) is 3.80. The minimum atomic E-state index is -3.72. The fraction of sp³-hybridized carbons (Fsp3) is 0.853. The molecule has 2 aliphatic heterocycles. The molecule has 4 fully saturated rings. The predicted molar refractivity (Wildman–Crippen MR) is 185 cm³/mol. The zero-order chi connectivity index (χ0) is 36.9. The van der Waals surface area contributed by atoms with Crippen LogP contribution in [0.25, 0.3) is 0 Å². The van der Waals surface area contributed by atoms with Crippen molar-refractivity contribution in [2.45, 2.75) is 118 Å². The van der Waals surface area contributed by atoms with Crippen molar-refractivity contribution in [1.82, 2.24) is 29.5 Å². The number of ketones is 1. The minimum absolute atomic E-state index is 0.0305. The second-order valence-electron chi connectivity index (χ2n) is 17.4. The maximum atomic E-state index is 14.4. The van der Waals surface area contributed by atoms with Crippen LogP contribution in [0.4, 0.5) is 4.79 Å². The first kappa shape index (κ1) is 39.0. The molecule has 278 valence electrons. The van der Waals surface area contributed by atoms with Crippen LogP contribution in [0.5, 0.6) is 0 Å². The highest BCUT2D eigenvalue weighted by atomic mass is 32.2. The molecule has 2 saturated heterocycles. The Morgan fingerprint density at radius 1 is 0.918 bits per heavy atom. The highest BCUT2D eigenvalue weighted by Crippen LogP contribution is 2.65. The number of rotatable bonds is 13. The van der Waals surface area contributed by atoms with Gasteiger partial charge in [-0.2, -0.15) is 17.0 Å². The van der Waals surface area contributed by atoms with E-state index in [2.05, 4.69) is 16.0 Å². The van der Waals surface area contributed by atoms with E-state index in [0.717, 1.165) is 32.1 Å². The van der Waals surface area contributed by atoms with Crippen molar-refractivity contribution >= 4 is 39.7 Å². The van der Waals surface area contributed by atoms with Gasteiger partial charge in [-0.05, 0) is 53.3 Å². The number of likely N-dealkylation sites (N-methyl/N-ethyl adjacent to an activating group) is 1. The molecule has 4 aliphatic rings. The Morgan fingerprint density at radius 2 is 1.51 bits per heavy atom. The van der Waals surface area contributed by atoms with Gasteiger partial charge in [0.25, 0.3) is 16.1 Å². The van der Waals surface area contributed by atoms with E-state index in [0.29, 0.717) is 26.1 Å². The summed E-state index contributed by atoms with van der Waals surface area (Å²) in [6.45, 7) is 16.6. The number of Topliss-reactive ketones (excluding diaryl/α,β-unsaturated/α-hetero) is 1. The lowest BCUT2D eigenvalue weighted by atomic mass is 9.85. The Labute approximate surface area is 292 Å². The first-order valence-corrected chi connectivity index (χ1v) is 19.1. The molecule has 0 spiro atoms. The van der Waals surface area contributed by atoms with E-state index in [1.807, 2.05) is 55.4 Å². The topological polar surface area (TPSA) is 191 Å². The van der Waals surface area contributed by atoms with Crippen LogP contribution in [0.1, 0.15) is 93.9 Å². The normalized spacial score (nSPS) is 25.9. The molecule has 0 aromatic rings. The number of amides is 5. The lowest BCUT2D eigenvalue weighted by Crippen LogP contribution is -2.63. The van der Waals surface area contributed by atoms with E-state index >= 15 is 0 Å². The van der Waals surface area contributed by atoms with Crippen LogP contribution in [-0.2, 0) is 29.4 Å². The Hall–Kier alpha value is -2.78. The minimum Gasteiger partial charge on any atom is -0.363 e. The highest BCUT2D eigenvalue weighted by Gasteiger charge is 2.70. The van der Waals surface area contributed by atoms with Crippen LogP contribution in [0.15, 0.2) is 0 Å². The second-order valence-corrected chi connectivity index (χ2v) is 19.5. The summed E-state index contributed by atoms with van der Waals surface area (Å²) in [5, 5.41) is 8.57. The molecule has 14 nitrogen and oxygen atoms in total. The first-order valence-electron chi connectivity index (χ1n) is 17.7. The van der Waals surface area contributed by atoms with Crippen molar-refractivity contribution in [3.63, 3.8) is 0 Å². The van der Waals surface area contributed by atoms with Crippen molar-refractivity contribution in [2.24, 2.45) is 39.7 Å². The maximum Gasteiger partial charge on any atom is 0.315 e. The molecule has 4 rings (SSSR count). The number of nitrogens with zero attached hydrogens (tertiary/aromatic N) is 3. The maximum absolute atomic E-state index is 14.4. The number of likely N-dealkylation sites (tertiary alicyclic amines) is 1. The molecule has 5 N–H and O–H groups in total. The Bertz CT molecular complexity index is 1410. The highest BCUT2D eigenvalue weighted by molar-refractivity contribution is 7.86. The smallest absolute Gasteiger partial charge is 0.315 e. The molecule has 49 heavy (non-hydrogen) atoms. The van der Waals surface area contributed by atoms with Gasteiger partial charge in [0, 0.05) is 39.3 Å².